The lowest BCUT2D eigenvalue weighted by Crippen LogP contribution is -2.25. The molecule has 0 unspecified atom stereocenters. The zero-order valence-corrected chi connectivity index (χ0v) is 16.5. The van der Waals surface area contributed by atoms with Crippen LogP contribution in [0.4, 0.5) is 0 Å². The summed E-state index contributed by atoms with van der Waals surface area (Å²) < 4.78 is 5.75. The van der Waals surface area contributed by atoms with E-state index in [1.807, 2.05) is 14.1 Å². The predicted octanol–water partition coefficient (Wildman–Crippen LogP) is 5.49. The Bertz CT molecular complexity index is 716. The highest BCUT2D eigenvalue weighted by Crippen LogP contribution is 2.32. The van der Waals surface area contributed by atoms with E-state index < -0.39 is 0 Å². The van der Waals surface area contributed by atoms with Gasteiger partial charge in [-0.05, 0) is 71.4 Å². The molecule has 0 atom stereocenters. The van der Waals surface area contributed by atoms with Gasteiger partial charge in [-0.25, -0.2) is 0 Å². The molecule has 0 fully saturated rings. The molecule has 0 N–H and O–H groups in total. The summed E-state index contributed by atoms with van der Waals surface area (Å²) in [4.78, 5) is 1.79. The van der Waals surface area contributed by atoms with Gasteiger partial charge in [0.25, 0.3) is 5.17 Å². The third-order valence-corrected chi connectivity index (χ3v) is 4.56. The Labute approximate surface area is 151 Å². The minimum Gasteiger partial charge on any atom is -0.432 e. The third kappa shape index (κ3) is 4.15. The Hall–Kier alpha value is -1.87. The molecular weight excluding hydrogens is 314 g/mol. The average molecular weight is 342 g/mol. The summed E-state index contributed by atoms with van der Waals surface area (Å²) in [5.74, 6) is 0.791. The SMILES string of the molecule is Cc1cc(OC(=S)N(C)C)cc(C)c1-c1ccc(C(C)(C)C)cc1. The van der Waals surface area contributed by atoms with Gasteiger partial charge in [0.05, 0.1) is 0 Å². The quantitative estimate of drug-likeness (QED) is 0.670. The van der Waals surface area contributed by atoms with Crippen molar-refractivity contribution in [3.05, 3.63) is 53.1 Å². The number of hydrogen-bond acceptors (Lipinski definition) is 2. The van der Waals surface area contributed by atoms with Crippen molar-refractivity contribution in [2.45, 2.75) is 40.0 Å². The molecule has 0 aromatic heterocycles. The van der Waals surface area contributed by atoms with Gasteiger partial charge in [0, 0.05) is 14.1 Å². The first-order valence-electron chi connectivity index (χ1n) is 8.21. The summed E-state index contributed by atoms with van der Waals surface area (Å²) in [6.45, 7) is 10.9. The summed E-state index contributed by atoms with van der Waals surface area (Å²) >= 11 is 5.23. The van der Waals surface area contributed by atoms with Gasteiger partial charge in [0.2, 0.25) is 0 Å². The van der Waals surface area contributed by atoms with E-state index in [4.69, 9.17) is 17.0 Å². The van der Waals surface area contributed by atoms with Crippen LogP contribution in [-0.2, 0) is 5.41 Å². The third-order valence-electron chi connectivity index (χ3n) is 4.12. The molecule has 0 aliphatic heterocycles. The van der Waals surface area contributed by atoms with E-state index in [1.165, 1.54) is 27.8 Å². The summed E-state index contributed by atoms with van der Waals surface area (Å²) in [7, 11) is 3.76. The number of ether oxygens (including phenoxy) is 1. The van der Waals surface area contributed by atoms with Gasteiger partial charge in [-0.1, -0.05) is 45.0 Å². The second-order valence-electron chi connectivity index (χ2n) is 7.52. The maximum atomic E-state index is 5.75. The van der Waals surface area contributed by atoms with E-state index in [0.29, 0.717) is 5.17 Å². The van der Waals surface area contributed by atoms with Gasteiger partial charge in [-0.2, -0.15) is 0 Å². The predicted molar refractivity (Wildman–Crippen MR) is 107 cm³/mol. The smallest absolute Gasteiger partial charge is 0.264 e. The maximum Gasteiger partial charge on any atom is 0.264 e. The normalized spacial score (nSPS) is 11.3. The molecule has 2 rings (SSSR count). The van der Waals surface area contributed by atoms with Crippen molar-refractivity contribution in [3.8, 4) is 16.9 Å². The van der Waals surface area contributed by atoms with Crippen molar-refractivity contribution < 1.29 is 4.74 Å². The average Bonchev–Trinajstić information content (AvgIpc) is 2.46. The topological polar surface area (TPSA) is 12.5 Å². The van der Waals surface area contributed by atoms with Gasteiger partial charge in [-0.15, -0.1) is 0 Å². The first-order chi connectivity index (χ1) is 11.1. The standard InChI is InChI=1S/C21H27NOS/c1-14-12-18(23-20(24)22(6)7)13-15(2)19(14)16-8-10-17(11-9-16)21(3,4)5/h8-13H,1-7H3. The second-order valence-corrected chi connectivity index (χ2v) is 7.87. The maximum absolute atomic E-state index is 5.75. The minimum absolute atomic E-state index is 0.169. The van der Waals surface area contributed by atoms with Crippen molar-refractivity contribution in [3.63, 3.8) is 0 Å². The number of nitrogens with zero attached hydrogens (tertiary/aromatic N) is 1. The Kier molecular flexibility index (Phi) is 5.34. The van der Waals surface area contributed by atoms with Crippen molar-refractivity contribution in [1.82, 2.24) is 4.90 Å². The lowest BCUT2D eigenvalue weighted by atomic mass is 9.85. The van der Waals surface area contributed by atoms with Crippen LogP contribution in [0.1, 0.15) is 37.5 Å². The molecule has 2 nitrogen and oxygen atoms in total. The van der Waals surface area contributed by atoms with Crippen LogP contribution in [0.15, 0.2) is 36.4 Å². The van der Waals surface area contributed by atoms with Crippen LogP contribution in [0.25, 0.3) is 11.1 Å². The fourth-order valence-corrected chi connectivity index (χ4v) is 2.86. The molecule has 2 aromatic carbocycles. The van der Waals surface area contributed by atoms with Crippen LogP contribution < -0.4 is 4.74 Å². The van der Waals surface area contributed by atoms with Gasteiger partial charge in [0.15, 0.2) is 0 Å². The fraction of sp³-hybridized carbons (Fsp3) is 0.381. The summed E-state index contributed by atoms with van der Waals surface area (Å²) in [5.41, 5.74) is 6.39. The zero-order valence-electron chi connectivity index (χ0n) is 15.7. The van der Waals surface area contributed by atoms with Gasteiger partial charge in [0.1, 0.15) is 5.75 Å². The Morgan fingerprint density at radius 1 is 0.958 bits per heavy atom. The van der Waals surface area contributed by atoms with Gasteiger partial charge >= 0.3 is 0 Å². The van der Waals surface area contributed by atoms with Crippen LogP contribution in [-0.4, -0.2) is 24.2 Å². The Morgan fingerprint density at radius 3 is 1.88 bits per heavy atom. The Balaban J connectivity index is 2.36. The van der Waals surface area contributed by atoms with E-state index in [0.717, 1.165) is 5.75 Å². The molecule has 0 saturated heterocycles. The number of rotatable bonds is 2. The van der Waals surface area contributed by atoms with Crippen LogP contribution >= 0.6 is 12.2 Å². The number of hydrogen-bond donors (Lipinski definition) is 0. The van der Waals surface area contributed by atoms with Crippen LogP contribution in [0.5, 0.6) is 5.75 Å². The molecule has 0 aliphatic rings. The number of benzene rings is 2. The molecule has 24 heavy (non-hydrogen) atoms. The van der Waals surface area contributed by atoms with E-state index in [2.05, 4.69) is 71.0 Å². The Morgan fingerprint density at radius 2 is 1.46 bits per heavy atom. The molecule has 0 amide bonds. The van der Waals surface area contributed by atoms with Crippen molar-refractivity contribution in [1.29, 1.82) is 0 Å². The first kappa shape index (κ1) is 18.5. The summed E-state index contributed by atoms with van der Waals surface area (Å²) in [6.07, 6.45) is 0. The van der Waals surface area contributed by atoms with Crippen LogP contribution in [0, 0.1) is 13.8 Å². The van der Waals surface area contributed by atoms with Gasteiger partial charge < -0.3 is 9.64 Å². The molecule has 0 spiro atoms. The molecule has 3 heteroatoms. The van der Waals surface area contributed by atoms with Crippen molar-refractivity contribution >= 4 is 17.4 Å². The highest BCUT2D eigenvalue weighted by atomic mass is 32.1. The molecular formula is C21H27NOS. The van der Waals surface area contributed by atoms with Gasteiger partial charge in [-0.3, -0.25) is 0 Å². The molecule has 0 radical (unpaired) electrons. The highest BCUT2D eigenvalue weighted by Gasteiger charge is 2.15. The highest BCUT2D eigenvalue weighted by molar-refractivity contribution is 7.80. The summed E-state index contributed by atoms with van der Waals surface area (Å²) in [6, 6.07) is 13.0. The molecule has 128 valence electrons. The lowest BCUT2D eigenvalue weighted by molar-refractivity contribution is 0.449. The largest absolute Gasteiger partial charge is 0.432 e. The van der Waals surface area contributed by atoms with Crippen molar-refractivity contribution in [2.24, 2.45) is 0 Å². The van der Waals surface area contributed by atoms with E-state index >= 15 is 0 Å². The van der Waals surface area contributed by atoms with Crippen molar-refractivity contribution in [2.75, 3.05) is 14.1 Å². The fourth-order valence-electron chi connectivity index (χ4n) is 2.77. The number of aryl methyl sites for hydroxylation is 2. The lowest BCUT2D eigenvalue weighted by Gasteiger charge is -2.20. The first-order valence-corrected chi connectivity index (χ1v) is 8.61. The van der Waals surface area contributed by atoms with E-state index in [-0.39, 0.29) is 5.41 Å². The molecule has 0 heterocycles. The molecule has 0 bridgehead atoms. The molecule has 0 saturated carbocycles. The van der Waals surface area contributed by atoms with Crippen LogP contribution in [0.2, 0.25) is 0 Å². The van der Waals surface area contributed by atoms with E-state index in [9.17, 15) is 0 Å². The van der Waals surface area contributed by atoms with E-state index in [1.54, 1.807) is 4.90 Å². The summed E-state index contributed by atoms with van der Waals surface area (Å²) in [5, 5.41) is 0.469. The zero-order chi connectivity index (χ0) is 18.1. The number of thiocarbonyl (C=S) groups is 1. The molecule has 2 aromatic rings. The second kappa shape index (κ2) is 6.94. The monoisotopic (exact) mass is 341 g/mol. The molecule has 0 aliphatic carbocycles. The minimum atomic E-state index is 0.169. The van der Waals surface area contributed by atoms with Crippen LogP contribution in [0.3, 0.4) is 0 Å².